The molecular weight excluding hydrogens is 1050 g/mol. The van der Waals surface area contributed by atoms with E-state index < -0.39 is 30.3 Å². The summed E-state index contributed by atoms with van der Waals surface area (Å²) in [6, 6.07) is 0. The minimum atomic E-state index is -1.65. The number of esters is 2. The number of hydrogen-bond acceptors (Lipinski definition) is 8. The predicted octanol–water partition coefficient (Wildman–Crippen LogP) is 18.9. The predicted molar refractivity (Wildman–Crippen MR) is 361 cm³/mol. The van der Waals surface area contributed by atoms with Crippen molar-refractivity contribution in [2.75, 3.05) is 47.5 Å². The van der Waals surface area contributed by atoms with Gasteiger partial charge in [0.15, 0.2) is 12.4 Å². The van der Waals surface area contributed by atoms with E-state index in [0.29, 0.717) is 23.9 Å². The number of aliphatic carboxylic acids is 1. The van der Waals surface area contributed by atoms with Gasteiger partial charge in [0, 0.05) is 12.8 Å². The highest BCUT2D eigenvalue weighted by atomic mass is 16.7. The molecule has 0 heterocycles. The summed E-state index contributed by atoms with van der Waals surface area (Å²) < 4.78 is 22.7. The fourth-order valence-electron chi connectivity index (χ4n) is 7.92. The van der Waals surface area contributed by atoms with Gasteiger partial charge in [-0.2, -0.15) is 0 Å². The second kappa shape index (κ2) is 64.1. The Morgan fingerprint density at radius 3 is 0.941 bits per heavy atom. The van der Waals surface area contributed by atoms with Crippen LogP contribution in [0.4, 0.5) is 0 Å². The monoisotopic (exact) mass is 1170 g/mol. The molecule has 0 saturated carbocycles. The highest BCUT2D eigenvalue weighted by Crippen LogP contribution is 2.13. The molecule has 0 radical (unpaired) electrons. The van der Waals surface area contributed by atoms with Crippen LogP contribution in [0.2, 0.25) is 0 Å². The normalized spacial score (nSPS) is 14.0. The second-order valence-corrected chi connectivity index (χ2v) is 21.9. The van der Waals surface area contributed by atoms with Crippen LogP contribution in [-0.2, 0) is 33.3 Å². The molecule has 474 valence electrons. The summed E-state index contributed by atoms with van der Waals surface area (Å²) in [5, 5.41) is 11.8. The first-order chi connectivity index (χ1) is 41.6. The average Bonchev–Trinajstić information content (AvgIpc) is 3.49. The first-order valence-electron chi connectivity index (χ1n) is 32.6. The Bertz CT molecular complexity index is 2090. The van der Waals surface area contributed by atoms with Crippen molar-refractivity contribution < 1.29 is 42.9 Å². The Kier molecular flexibility index (Phi) is 59.7. The largest absolute Gasteiger partial charge is 0.545 e. The van der Waals surface area contributed by atoms with Crippen molar-refractivity contribution in [1.82, 2.24) is 0 Å². The Morgan fingerprint density at radius 1 is 0.353 bits per heavy atom. The SMILES string of the molecule is CC/C=C\C/C=C\C/C=C\C/C=C\C/C=C\C/C=C\C/C=C\C/C=C\CCCCCCCCC(=O)OC(COC(=O)CCCCCC/C=C\C/C=C\C/C=C\C/C=C\C/C=C\C/C=C\C/C=C\C/C=C\CC)COC(OCC[N+](C)(C)C)C(=O)[O-]. The number of carboxylic acid groups (broad SMARTS) is 1. The molecule has 9 heteroatoms. The van der Waals surface area contributed by atoms with Crippen molar-refractivity contribution in [2.24, 2.45) is 0 Å². The highest BCUT2D eigenvalue weighted by Gasteiger charge is 2.22. The third-order valence-electron chi connectivity index (χ3n) is 12.8. The van der Waals surface area contributed by atoms with Crippen LogP contribution in [-0.4, -0.2) is 82.3 Å². The maximum atomic E-state index is 12.9. The molecular formula is C76H117NO8. The first kappa shape index (κ1) is 79.1. The molecule has 2 unspecified atom stereocenters. The van der Waals surface area contributed by atoms with Crippen LogP contribution in [0.15, 0.2) is 194 Å². The Balaban J connectivity index is 4.35. The topological polar surface area (TPSA) is 111 Å². The summed E-state index contributed by atoms with van der Waals surface area (Å²) in [7, 11) is 5.89. The summed E-state index contributed by atoms with van der Waals surface area (Å²) in [4.78, 5) is 37.4. The van der Waals surface area contributed by atoms with Crippen LogP contribution in [0.5, 0.6) is 0 Å². The minimum Gasteiger partial charge on any atom is -0.545 e. The van der Waals surface area contributed by atoms with Crippen molar-refractivity contribution in [3.05, 3.63) is 194 Å². The van der Waals surface area contributed by atoms with Gasteiger partial charge in [-0.25, -0.2) is 0 Å². The zero-order valence-corrected chi connectivity index (χ0v) is 53.9. The lowest BCUT2D eigenvalue weighted by Gasteiger charge is -2.26. The van der Waals surface area contributed by atoms with Crippen LogP contribution in [0.3, 0.4) is 0 Å². The van der Waals surface area contributed by atoms with Crippen molar-refractivity contribution >= 4 is 17.9 Å². The molecule has 0 N–H and O–H groups in total. The number of unbranched alkanes of at least 4 members (excludes halogenated alkanes) is 10. The molecule has 0 aliphatic rings. The van der Waals surface area contributed by atoms with Crippen LogP contribution >= 0.6 is 0 Å². The Labute approximate surface area is 519 Å². The van der Waals surface area contributed by atoms with E-state index in [2.05, 4.69) is 208 Å². The van der Waals surface area contributed by atoms with Gasteiger partial charge in [-0.3, -0.25) is 9.59 Å². The summed E-state index contributed by atoms with van der Waals surface area (Å²) in [6.07, 6.45) is 96.3. The van der Waals surface area contributed by atoms with Crippen LogP contribution in [0.1, 0.15) is 206 Å². The lowest BCUT2D eigenvalue weighted by Crippen LogP contribution is -2.44. The molecule has 0 aromatic heterocycles. The van der Waals surface area contributed by atoms with E-state index in [9.17, 15) is 19.5 Å². The van der Waals surface area contributed by atoms with E-state index >= 15 is 0 Å². The number of nitrogens with zero attached hydrogens (tertiary/aromatic N) is 1. The number of ether oxygens (including phenoxy) is 4. The number of likely N-dealkylation sites (N-methyl/N-ethyl adjacent to an activating group) is 1. The molecule has 0 rings (SSSR count). The van der Waals surface area contributed by atoms with E-state index in [1.807, 2.05) is 21.1 Å². The number of carbonyl (C=O) groups is 3. The van der Waals surface area contributed by atoms with E-state index in [1.165, 1.54) is 0 Å². The molecule has 0 bridgehead atoms. The van der Waals surface area contributed by atoms with Gasteiger partial charge < -0.3 is 33.3 Å². The first-order valence-corrected chi connectivity index (χ1v) is 32.6. The maximum absolute atomic E-state index is 12.9. The fourth-order valence-corrected chi connectivity index (χ4v) is 7.92. The summed E-state index contributed by atoms with van der Waals surface area (Å²) in [5.41, 5.74) is 0. The number of quaternary nitrogens is 1. The lowest BCUT2D eigenvalue weighted by atomic mass is 10.1. The smallest absolute Gasteiger partial charge is 0.306 e. The number of rotatable bonds is 57. The molecule has 0 fully saturated rings. The number of allylic oxidation sites excluding steroid dienone is 32. The van der Waals surface area contributed by atoms with Gasteiger partial charge in [0.05, 0.1) is 40.3 Å². The van der Waals surface area contributed by atoms with Crippen molar-refractivity contribution in [2.45, 2.75) is 219 Å². The highest BCUT2D eigenvalue weighted by molar-refractivity contribution is 5.70. The zero-order chi connectivity index (χ0) is 61.9. The van der Waals surface area contributed by atoms with Gasteiger partial charge >= 0.3 is 11.9 Å². The van der Waals surface area contributed by atoms with Gasteiger partial charge in [0.25, 0.3) is 0 Å². The number of carboxylic acids is 1. The van der Waals surface area contributed by atoms with Crippen molar-refractivity contribution in [3.63, 3.8) is 0 Å². The molecule has 0 spiro atoms. The molecule has 2 atom stereocenters. The van der Waals surface area contributed by atoms with Gasteiger partial charge in [-0.05, 0) is 141 Å². The lowest BCUT2D eigenvalue weighted by molar-refractivity contribution is -0.870. The van der Waals surface area contributed by atoms with Gasteiger partial charge in [-0.1, -0.05) is 247 Å². The van der Waals surface area contributed by atoms with E-state index in [4.69, 9.17) is 18.9 Å². The average molecular weight is 1170 g/mol. The van der Waals surface area contributed by atoms with Gasteiger partial charge in [-0.15, -0.1) is 0 Å². The van der Waals surface area contributed by atoms with Gasteiger partial charge in [0.2, 0.25) is 0 Å². The molecule has 0 aliphatic heterocycles. The third-order valence-corrected chi connectivity index (χ3v) is 12.8. The summed E-state index contributed by atoms with van der Waals surface area (Å²) in [6.45, 7) is 4.44. The maximum Gasteiger partial charge on any atom is 0.306 e. The Morgan fingerprint density at radius 2 is 0.635 bits per heavy atom. The standard InChI is InChI=1S/C76H117NO8/c1-6-8-10-12-14-16-18-20-22-24-26-28-30-32-34-36-37-39-41-43-45-47-49-51-53-55-57-59-61-63-65-67-74(79)85-72(71-84-76(75(80)81)82-69-68-77(3,4)5)70-83-73(78)66-64-62-60-58-56-54-52-50-48-46-44-42-40-38-35-33-31-29-27-25-23-21-19-17-15-13-11-9-7-2/h8-11,14-17,20-23,26-29,32-35,37,39-40,42-43,45-46,48-49,51-52,54,72,76H,6-7,12-13,18-19,24-25,30-31,36,38,41,44,47,50,53,55-71H2,1-5H3/b10-8-,11-9-,16-14-,17-15-,22-20-,23-21-,28-26-,29-27-,34-32-,35-33-,39-37-,42-40-,45-43-,48-46-,51-49-,54-52-. The van der Waals surface area contributed by atoms with E-state index in [0.717, 1.165) is 167 Å². The quantitative estimate of drug-likeness (QED) is 0.0195. The van der Waals surface area contributed by atoms with E-state index in [-0.39, 0.29) is 32.7 Å². The summed E-state index contributed by atoms with van der Waals surface area (Å²) >= 11 is 0. The fraction of sp³-hybridized carbons (Fsp3) is 0.539. The second-order valence-electron chi connectivity index (χ2n) is 21.9. The molecule has 0 aromatic rings. The van der Waals surface area contributed by atoms with Crippen molar-refractivity contribution in [3.8, 4) is 0 Å². The van der Waals surface area contributed by atoms with E-state index in [1.54, 1.807) is 0 Å². The van der Waals surface area contributed by atoms with Crippen molar-refractivity contribution in [1.29, 1.82) is 0 Å². The molecule has 9 nitrogen and oxygen atoms in total. The molecule has 85 heavy (non-hydrogen) atoms. The minimum absolute atomic E-state index is 0.128. The van der Waals surface area contributed by atoms with Crippen LogP contribution in [0, 0.1) is 0 Å². The number of hydrogen-bond donors (Lipinski definition) is 0. The number of carbonyl (C=O) groups excluding carboxylic acids is 3. The van der Waals surface area contributed by atoms with Crippen LogP contribution in [0.25, 0.3) is 0 Å². The molecule has 0 amide bonds. The van der Waals surface area contributed by atoms with Gasteiger partial charge in [0.1, 0.15) is 13.2 Å². The molecule has 0 saturated heterocycles. The molecule has 0 aliphatic carbocycles. The Hall–Kier alpha value is -5.87. The van der Waals surface area contributed by atoms with Crippen LogP contribution < -0.4 is 5.11 Å². The molecule has 0 aromatic carbocycles. The third kappa shape index (κ3) is 65.5. The summed E-state index contributed by atoms with van der Waals surface area (Å²) in [5.74, 6) is -2.37. The zero-order valence-electron chi connectivity index (χ0n) is 53.9.